The van der Waals surface area contributed by atoms with Crippen LogP contribution in [0.25, 0.3) is 11.3 Å². The molecule has 6 nitrogen and oxygen atoms in total. The second-order valence-electron chi connectivity index (χ2n) is 4.69. The molecule has 0 saturated carbocycles. The van der Waals surface area contributed by atoms with E-state index < -0.39 is 6.03 Å². The number of thioether (sulfide) groups is 1. The average molecular weight is 330 g/mol. The van der Waals surface area contributed by atoms with Crippen molar-refractivity contribution in [2.24, 2.45) is 7.05 Å². The molecular formula is C16H18N4O2S. The fourth-order valence-electron chi connectivity index (χ4n) is 1.91. The lowest BCUT2D eigenvalue weighted by atomic mass is 10.2. The summed E-state index contributed by atoms with van der Waals surface area (Å²) in [5.41, 5.74) is 2.03. The number of nitrogens with zero attached hydrogens (tertiary/aromatic N) is 2. The Bertz CT molecular complexity index is 697. The molecular weight excluding hydrogens is 312 g/mol. The number of urea groups is 1. The molecule has 0 aliphatic heterocycles. The van der Waals surface area contributed by atoms with Gasteiger partial charge in [0, 0.05) is 13.6 Å². The van der Waals surface area contributed by atoms with E-state index in [1.165, 1.54) is 17.8 Å². The van der Waals surface area contributed by atoms with Crippen LogP contribution in [0.3, 0.4) is 0 Å². The second-order valence-corrected chi connectivity index (χ2v) is 5.63. The van der Waals surface area contributed by atoms with Crippen molar-refractivity contribution >= 4 is 23.7 Å². The molecule has 0 atom stereocenters. The van der Waals surface area contributed by atoms with Gasteiger partial charge < -0.3 is 9.88 Å². The number of hydrogen-bond acceptors (Lipinski definition) is 4. The van der Waals surface area contributed by atoms with Crippen LogP contribution in [0.4, 0.5) is 4.79 Å². The Labute approximate surface area is 139 Å². The number of benzene rings is 1. The Hall–Kier alpha value is -2.54. The number of imidazole rings is 1. The van der Waals surface area contributed by atoms with Gasteiger partial charge in [0.05, 0.1) is 17.6 Å². The van der Waals surface area contributed by atoms with E-state index in [1.54, 1.807) is 6.20 Å². The number of carbonyl (C=O) groups is 2. The summed E-state index contributed by atoms with van der Waals surface area (Å²) in [5.74, 6) is -0.263. The molecule has 0 saturated heterocycles. The SMILES string of the molecule is C=CCNC(=O)NC(=O)CSc1ncc(-c2ccccc2)n1C. The third-order valence-electron chi connectivity index (χ3n) is 3.01. The quantitative estimate of drug-likeness (QED) is 0.629. The molecule has 0 aliphatic rings. The van der Waals surface area contributed by atoms with Crippen molar-refractivity contribution in [2.75, 3.05) is 12.3 Å². The summed E-state index contributed by atoms with van der Waals surface area (Å²) in [5, 5.41) is 5.44. The van der Waals surface area contributed by atoms with Gasteiger partial charge in [-0.25, -0.2) is 9.78 Å². The number of rotatable bonds is 6. The minimum absolute atomic E-state index is 0.112. The Morgan fingerprint density at radius 2 is 2.09 bits per heavy atom. The molecule has 2 rings (SSSR count). The van der Waals surface area contributed by atoms with Crippen LogP contribution in [0.15, 0.2) is 54.3 Å². The number of carbonyl (C=O) groups excluding carboxylic acids is 2. The molecule has 1 aromatic carbocycles. The first kappa shape index (κ1) is 16.8. The van der Waals surface area contributed by atoms with Crippen LogP contribution in [-0.4, -0.2) is 33.8 Å². The van der Waals surface area contributed by atoms with Gasteiger partial charge >= 0.3 is 6.03 Å². The van der Waals surface area contributed by atoms with E-state index in [2.05, 4.69) is 22.2 Å². The summed E-state index contributed by atoms with van der Waals surface area (Å²) in [6, 6.07) is 9.36. The van der Waals surface area contributed by atoms with Gasteiger partial charge in [0.2, 0.25) is 5.91 Å². The number of amides is 3. The molecule has 3 amide bonds. The molecule has 0 spiro atoms. The van der Waals surface area contributed by atoms with E-state index in [-0.39, 0.29) is 11.7 Å². The smallest absolute Gasteiger partial charge is 0.321 e. The number of hydrogen-bond donors (Lipinski definition) is 2. The van der Waals surface area contributed by atoms with Gasteiger partial charge in [-0.1, -0.05) is 48.2 Å². The largest absolute Gasteiger partial charge is 0.334 e. The Balaban J connectivity index is 1.92. The first-order chi connectivity index (χ1) is 11.1. The number of imide groups is 1. The van der Waals surface area contributed by atoms with Crippen LogP contribution in [0.2, 0.25) is 0 Å². The first-order valence-corrected chi connectivity index (χ1v) is 7.99. The highest BCUT2D eigenvalue weighted by molar-refractivity contribution is 7.99. The van der Waals surface area contributed by atoms with Crippen LogP contribution in [0.1, 0.15) is 0 Å². The zero-order valence-electron chi connectivity index (χ0n) is 12.8. The van der Waals surface area contributed by atoms with E-state index in [9.17, 15) is 9.59 Å². The molecule has 1 aromatic heterocycles. The van der Waals surface area contributed by atoms with Crippen molar-refractivity contribution in [3.63, 3.8) is 0 Å². The van der Waals surface area contributed by atoms with Crippen LogP contribution >= 0.6 is 11.8 Å². The lowest BCUT2D eigenvalue weighted by molar-refractivity contribution is -0.117. The molecule has 23 heavy (non-hydrogen) atoms. The van der Waals surface area contributed by atoms with Crippen molar-refractivity contribution in [2.45, 2.75) is 5.16 Å². The topological polar surface area (TPSA) is 76.0 Å². The third-order valence-corrected chi connectivity index (χ3v) is 4.05. The van der Waals surface area contributed by atoms with Crippen LogP contribution < -0.4 is 10.6 Å². The number of nitrogens with one attached hydrogen (secondary N) is 2. The predicted molar refractivity (Wildman–Crippen MR) is 91.1 cm³/mol. The first-order valence-electron chi connectivity index (χ1n) is 7.00. The fourth-order valence-corrected chi connectivity index (χ4v) is 2.66. The van der Waals surface area contributed by atoms with Crippen molar-refractivity contribution in [1.82, 2.24) is 20.2 Å². The Morgan fingerprint density at radius 1 is 1.35 bits per heavy atom. The molecule has 120 valence electrons. The Morgan fingerprint density at radius 3 is 2.78 bits per heavy atom. The minimum Gasteiger partial charge on any atom is -0.334 e. The highest BCUT2D eigenvalue weighted by atomic mass is 32.2. The summed E-state index contributed by atoms with van der Waals surface area (Å²) < 4.78 is 1.92. The summed E-state index contributed by atoms with van der Waals surface area (Å²) in [7, 11) is 1.90. The van der Waals surface area contributed by atoms with Crippen molar-refractivity contribution in [1.29, 1.82) is 0 Å². The monoisotopic (exact) mass is 330 g/mol. The minimum atomic E-state index is -0.527. The van der Waals surface area contributed by atoms with Crippen LogP contribution in [-0.2, 0) is 11.8 Å². The van der Waals surface area contributed by atoms with Crippen LogP contribution in [0.5, 0.6) is 0 Å². The van der Waals surface area contributed by atoms with Gasteiger partial charge in [0.15, 0.2) is 5.16 Å². The van der Waals surface area contributed by atoms with E-state index in [1.807, 2.05) is 41.9 Å². The van der Waals surface area contributed by atoms with E-state index in [0.29, 0.717) is 11.7 Å². The standard InChI is InChI=1S/C16H18N4O2S/c1-3-9-17-15(22)19-14(21)11-23-16-18-10-13(20(16)2)12-7-5-4-6-8-12/h3-8,10H,1,9,11H2,2H3,(H2,17,19,21,22). The van der Waals surface area contributed by atoms with Gasteiger partial charge in [-0.15, -0.1) is 6.58 Å². The third kappa shape index (κ3) is 4.72. The van der Waals surface area contributed by atoms with Crippen molar-refractivity contribution < 1.29 is 9.59 Å². The van der Waals surface area contributed by atoms with E-state index >= 15 is 0 Å². The summed E-state index contributed by atoms with van der Waals surface area (Å²) in [6.45, 7) is 3.79. The molecule has 0 unspecified atom stereocenters. The van der Waals surface area contributed by atoms with Crippen LogP contribution in [0, 0.1) is 0 Å². The average Bonchev–Trinajstić information content (AvgIpc) is 2.92. The number of aromatic nitrogens is 2. The van der Waals surface area contributed by atoms with Gasteiger partial charge in [-0.3, -0.25) is 10.1 Å². The zero-order valence-corrected chi connectivity index (χ0v) is 13.6. The van der Waals surface area contributed by atoms with Crippen molar-refractivity contribution in [3.05, 3.63) is 49.2 Å². The highest BCUT2D eigenvalue weighted by Crippen LogP contribution is 2.24. The summed E-state index contributed by atoms with van der Waals surface area (Å²) in [4.78, 5) is 27.4. The summed E-state index contributed by atoms with van der Waals surface area (Å²) in [6.07, 6.45) is 3.31. The maximum absolute atomic E-state index is 11.7. The molecule has 0 radical (unpaired) electrons. The predicted octanol–water partition coefficient (Wildman–Crippen LogP) is 2.19. The zero-order chi connectivity index (χ0) is 16.7. The van der Waals surface area contributed by atoms with Gasteiger partial charge in [0.25, 0.3) is 0 Å². The molecule has 2 N–H and O–H groups in total. The highest BCUT2D eigenvalue weighted by Gasteiger charge is 2.12. The lowest BCUT2D eigenvalue weighted by Crippen LogP contribution is -2.40. The molecule has 2 aromatic rings. The molecule has 7 heteroatoms. The maximum Gasteiger partial charge on any atom is 0.321 e. The molecule has 1 heterocycles. The lowest BCUT2D eigenvalue weighted by Gasteiger charge is -2.06. The molecule has 0 fully saturated rings. The maximum atomic E-state index is 11.7. The Kier molecular flexibility index (Phi) is 5.99. The van der Waals surface area contributed by atoms with Gasteiger partial charge in [0.1, 0.15) is 0 Å². The van der Waals surface area contributed by atoms with Gasteiger partial charge in [-0.2, -0.15) is 0 Å². The fraction of sp³-hybridized carbons (Fsp3) is 0.188. The molecule has 0 bridgehead atoms. The van der Waals surface area contributed by atoms with E-state index in [4.69, 9.17) is 0 Å². The second kappa shape index (κ2) is 8.19. The van der Waals surface area contributed by atoms with Gasteiger partial charge in [-0.05, 0) is 5.56 Å². The van der Waals surface area contributed by atoms with Crippen molar-refractivity contribution in [3.8, 4) is 11.3 Å². The molecule has 0 aliphatic carbocycles. The normalized spacial score (nSPS) is 10.1. The van der Waals surface area contributed by atoms with E-state index in [0.717, 1.165) is 11.3 Å². The summed E-state index contributed by atoms with van der Waals surface area (Å²) >= 11 is 1.28.